The zero-order chi connectivity index (χ0) is 7.11. The molecule has 0 fully saturated rings. The summed E-state index contributed by atoms with van der Waals surface area (Å²) in [5.74, 6) is 1.04. The molecule has 0 aliphatic heterocycles. The highest BCUT2D eigenvalue weighted by molar-refractivity contribution is 14.1. The van der Waals surface area contributed by atoms with E-state index in [0.29, 0.717) is 0 Å². The van der Waals surface area contributed by atoms with Crippen molar-refractivity contribution in [3.05, 3.63) is 0 Å². The van der Waals surface area contributed by atoms with Gasteiger partial charge in [0.2, 0.25) is 0 Å². The van der Waals surface area contributed by atoms with E-state index >= 15 is 0 Å². The minimum atomic E-state index is 0.0399. The average molecular weight is 259 g/mol. The second kappa shape index (κ2) is 6.82. The zero-order valence-electron chi connectivity index (χ0n) is 5.26. The standard InChI is InChI=1S/C5H10INOS/c1-9-3-2-5(4-8)7-6/h4-5,7H,2-3H2,1H3/t5-/m0/s1. The molecule has 1 N–H and O–H groups in total. The molecule has 0 aromatic carbocycles. The minimum absolute atomic E-state index is 0.0399. The Kier molecular flexibility index (Phi) is 7.36. The fourth-order valence-corrected chi connectivity index (χ4v) is 1.34. The van der Waals surface area contributed by atoms with E-state index in [2.05, 4.69) is 3.53 Å². The van der Waals surface area contributed by atoms with Gasteiger partial charge in [-0.25, -0.2) is 0 Å². The topological polar surface area (TPSA) is 29.1 Å². The van der Waals surface area contributed by atoms with Gasteiger partial charge in [-0.1, -0.05) is 0 Å². The van der Waals surface area contributed by atoms with Crippen LogP contribution in [0.15, 0.2) is 0 Å². The number of thioether (sulfide) groups is 1. The summed E-state index contributed by atoms with van der Waals surface area (Å²) in [6, 6.07) is 0.0399. The van der Waals surface area contributed by atoms with Crippen molar-refractivity contribution in [2.75, 3.05) is 12.0 Å². The number of carbonyl (C=O) groups is 1. The molecule has 0 rings (SSSR count). The van der Waals surface area contributed by atoms with Gasteiger partial charge in [0.15, 0.2) is 0 Å². The van der Waals surface area contributed by atoms with Crippen LogP contribution in [-0.4, -0.2) is 24.3 Å². The van der Waals surface area contributed by atoms with Crippen LogP contribution in [0.3, 0.4) is 0 Å². The second-order valence-corrected chi connectivity index (χ2v) is 3.24. The molecule has 0 radical (unpaired) electrons. The van der Waals surface area contributed by atoms with Gasteiger partial charge in [0.25, 0.3) is 0 Å². The van der Waals surface area contributed by atoms with E-state index in [-0.39, 0.29) is 6.04 Å². The fraction of sp³-hybridized carbons (Fsp3) is 0.800. The molecular weight excluding hydrogens is 249 g/mol. The summed E-state index contributed by atoms with van der Waals surface area (Å²) >= 11 is 3.76. The van der Waals surface area contributed by atoms with E-state index in [4.69, 9.17) is 0 Å². The number of carbonyl (C=O) groups excluding carboxylic acids is 1. The van der Waals surface area contributed by atoms with Crippen molar-refractivity contribution in [2.45, 2.75) is 12.5 Å². The van der Waals surface area contributed by atoms with Crippen molar-refractivity contribution >= 4 is 40.9 Å². The number of aldehydes is 1. The van der Waals surface area contributed by atoms with Crippen LogP contribution >= 0.6 is 34.6 Å². The van der Waals surface area contributed by atoms with E-state index in [1.165, 1.54) is 0 Å². The fourth-order valence-electron chi connectivity index (χ4n) is 0.393. The SMILES string of the molecule is CSCC[C@@H](C=O)NI. The first-order valence-corrected chi connectivity index (χ1v) is 5.12. The van der Waals surface area contributed by atoms with Crippen LogP contribution in [0.4, 0.5) is 0 Å². The predicted octanol–water partition coefficient (Wildman–Crippen LogP) is 1.25. The molecule has 0 saturated heterocycles. The molecule has 0 unspecified atom stereocenters. The Morgan fingerprint density at radius 2 is 2.56 bits per heavy atom. The Hall–Kier alpha value is 0.710. The monoisotopic (exact) mass is 259 g/mol. The van der Waals surface area contributed by atoms with Crippen LogP contribution in [0.1, 0.15) is 6.42 Å². The maximum absolute atomic E-state index is 10.2. The van der Waals surface area contributed by atoms with E-state index in [1.807, 2.05) is 29.1 Å². The molecule has 0 amide bonds. The molecule has 0 bridgehead atoms. The Bertz CT molecular complexity index is 81.4. The van der Waals surface area contributed by atoms with Gasteiger partial charge in [0.1, 0.15) is 6.29 Å². The maximum Gasteiger partial charge on any atom is 0.137 e. The summed E-state index contributed by atoms with van der Waals surface area (Å²) in [6.07, 6.45) is 3.91. The summed E-state index contributed by atoms with van der Waals surface area (Å²) in [5, 5.41) is 0. The highest BCUT2D eigenvalue weighted by Gasteiger charge is 2.01. The normalized spacial score (nSPS) is 13.1. The third-order valence-electron chi connectivity index (χ3n) is 0.937. The first kappa shape index (κ1) is 9.71. The minimum Gasteiger partial charge on any atom is -0.302 e. The lowest BCUT2D eigenvalue weighted by molar-refractivity contribution is -0.109. The van der Waals surface area contributed by atoms with Gasteiger partial charge in [0.05, 0.1) is 6.04 Å². The highest BCUT2D eigenvalue weighted by atomic mass is 127. The number of nitrogens with one attached hydrogen (secondary N) is 1. The first-order chi connectivity index (χ1) is 4.35. The summed E-state index contributed by atoms with van der Waals surface area (Å²) < 4.78 is 2.88. The van der Waals surface area contributed by atoms with Crippen molar-refractivity contribution in [3.63, 3.8) is 0 Å². The quantitative estimate of drug-likeness (QED) is 0.457. The molecule has 0 heterocycles. The van der Waals surface area contributed by atoms with E-state index in [1.54, 1.807) is 11.8 Å². The van der Waals surface area contributed by atoms with Crippen LogP contribution in [0, 0.1) is 0 Å². The van der Waals surface area contributed by atoms with Gasteiger partial charge in [0, 0.05) is 22.9 Å². The van der Waals surface area contributed by atoms with Gasteiger partial charge in [-0.15, -0.1) is 0 Å². The van der Waals surface area contributed by atoms with Crippen molar-refractivity contribution in [2.24, 2.45) is 0 Å². The van der Waals surface area contributed by atoms with Gasteiger partial charge >= 0.3 is 0 Å². The van der Waals surface area contributed by atoms with E-state index in [9.17, 15) is 4.79 Å². The Morgan fingerprint density at radius 3 is 2.89 bits per heavy atom. The van der Waals surface area contributed by atoms with Gasteiger partial charge in [-0.05, 0) is 18.4 Å². The molecule has 0 aliphatic carbocycles. The molecule has 1 atom stereocenters. The smallest absolute Gasteiger partial charge is 0.137 e. The molecule has 0 aliphatic rings. The third-order valence-corrected chi connectivity index (χ3v) is 2.38. The summed E-state index contributed by atoms with van der Waals surface area (Å²) in [4.78, 5) is 10.2. The van der Waals surface area contributed by atoms with Crippen molar-refractivity contribution in [1.29, 1.82) is 0 Å². The van der Waals surface area contributed by atoms with Crippen LogP contribution in [0.5, 0.6) is 0 Å². The molecule has 54 valence electrons. The lowest BCUT2D eigenvalue weighted by Crippen LogP contribution is -2.22. The first-order valence-electron chi connectivity index (χ1n) is 2.65. The lowest BCUT2D eigenvalue weighted by Gasteiger charge is -2.03. The molecule has 2 nitrogen and oxygen atoms in total. The molecule has 9 heavy (non-hydrogen) atoms. The maximum atomic E-state index is 10.2. The number of rotatable bonds is 5. The number of halogens is 1. The van der Waals surface area contributed by atoms with Crippen LogP contribution < -0.4 is 3.53 Å². The lowest BCUT2D eigenvalue weighted by atomic mass is 10.3. The zero-order valence-corrected chi connectivity index (χ0v) is 8.24. The molecule has 0 saturated carbocycles. The van der Waals surface area contributed by atoms with E-state index in [0.717, 1.165) is 18.5 Å². The molecule has 0 aromatic rings. The number of hydrogen-bond acceptors (Lipinski definition) is 3. The summed E-state index contributed by atoms with van der Waals surface area (Å²) in [6.45, 7) is 0. The van der Waals surface area contributed by atoms with Crippen LogP contribution in [0.2, 0.25) is 0 Å². The van der Waals surface area contributed by atoms with Gasteiger partial charge in [-0.3, -0.25) is 3.53 Å². The third kappa shape index (κ3) is 5.17. The summed E-state index contributed by atoms with van der Waals surface area (Å²) in [5.41, 5.74) is 0. The second-order valence-electron chi connectivity index (χ2n) is 1.63. The molecule has 0 aromatic heterocycles. The van der Waals surface area contributed by atoms with Crippen molar-refractivity contribution in [1.82, 2.24) is 3.53 Å². The Labute approximate surface area is 73.7 Å². The molecule has 0 spiro atoms. The predicted molar refractivity (Wildman–Crippen MR) is 50.0 cm³/mol. The van der Waals surface area contributed by atoms with Gasteiger partial charge < -0.3 is 4.79 Å². The van der Waals surface area contributed by atoms with Gasteiger partial charge in [-0.2, -0.15) is 11.8 Å². The number of hydrogen-bond donors (Lipinski definition) is 1. The molecular formula is C5H10INOS. The van der Waals surface area contributed by atoms with Crippen LogP contribution in [-0.2, 0) is 4.79 Å². The van der Waals surface area contributed by atoms with Crippen molar-refractivity contribution in [3.8, 4) is 0 Å². The highest BCUT2D eigenvalue weighted by Crippen LogP contribution is 1.99. The van der Waals surface area contributed by atoms with E-state index < -0.39 is 0 Å². The summed E-state index contributed by atoms with van der Waals surface area (Å²) in [7, 11) is 0. The largest absolute Gasteiger partial charge is 0.302 e. The average Bonchev–Trinajstić information content (AvgIpc) is 1.91. The Balaban J connectivity index is 3.20. The van der Waals surface area contributed by atoms with Crippen molar-refractivity contribution < 1.29 is 4.79 Å². The molecule has 4 heteroatoms. The van der Waals surface area contributed by atoms with Crippen LogP contribution in [0.25, 0.3) is 0 Å². The Morgan fingerprint density at radius 1 is 1.89 bits per heavy atom.